The molecule has 2 rings (SSSR count). The van der Waals surface area contributed by atoms with E-state index < -0.39 is 10.1 Å². The van der Waals surface area contributed by atoms with Crippen LogP contribution in [0.1, 0.15) is 11.1 Å². The lowest BCUT2D eigenvalue weighted by Crippen LogP contribution is -2.08. The highest BCUT2D eigenvalue weighted by Crippen LogP contribution is 2.18. The molecule has 0 radical (unpaired) electrons. The molecule has 0 fully saturated rings. The van der Waals surface area contributed by atoms with Crippen LogP contribution in [0.4, 0.5) is 0 Å². The SMILES string of the molecule is CS(=O)(=O)Oc1ccc(C(=NN)c2ccc(Cl)cc2)cc1. The molecule has 5 nitrogen and oxygen atoms in total. The predicted octanol–water partition coefficient (Wildman–Crippen LogP) is 2.39. The third-order valence-corrected chi connectivity index (χ3v) is 3.37. The maximum Gasteiger partial charge on any atom is 0.306 e. The van der Waals surface area contributed by atoms with E-state index in [1.165, 1.54) is 12.1 Å². The molecule has 0 aromatic heterocycles. The molecular weight excluding hydrogens is 312 g/mol. The van der Waals surface area contributed by atoms with E-state index in [1.54, 1.807) is 36.4 Å². The van der Waals surface area contributed by atoms with Crippen molar-refractivity contribution in [2.24, 2.45) is 10.9 Å². The molecule has 110 valence electrons. The number of nitrogens with two attached hydrogens (primary N) is 1. The molecule has 2 aromatic carbocycles. The molecule has 0 amide bonds. The van der Waals surface area contributed by atoms with E-state index in [0.717, 1.165) is 17.4 Å². The van der Waals surface area contributed by atoms with Crippen molar-refractivity contribution in [3.63, 3.8) is 0 Å². The highest BCUT2D eigenvalue weighted by atomic mass is 35.5. The quantitative estimate of drug-likeness (QED) is 0.405. The Labute approximate surface area is 128 Å². The monoisotopic (exact) mass is 324 g/mol. The van der Waals surface area contributed by atoms with E-state index in [9.17, 15) is 8.42 Å². The second-order valence-electron chi connectivity index (χ2n) is 4.30. The van der Waals surface area contributed by atoms with Crippen LogP contribution in [-0.2, 0) is 10.1 Å². The fourth-order valence-electron chi connectivity index (χ4n) is 1.77. The molecule has 0 aliphatic carbocycles. The van der Waals surface area contributed by atoms with Crippen molar-refractivity contribution in [1.82, 2.24) is 0 Å². The minimum absolute atomic E-state index is 0.230. The summed E-state index contributed by atoms with van der Waals surface area (Å²) in [5, 5.41) is 4.39. The number of hydrogen-bond donors (Lipinski definition) is 1. The zero-order valence-corrected chi connectivity index (χ0v) is 12.7. The van der Waals surface area contributed by atoms with Crippen LogP contribution in [0.25, 0.3) is 0 Å². The molecule has 2 aromatic rings. The van der Waals surface area contributed by atoms with Crippen molar-refractivity contribution in [3.8, 4) is 5.75 Å². The zero-order valence-electron chi connectivity index (χ0n) is 11.2. The first kappa shape index (κ1) is 15.3. The average Bonchev–Trinajstić information content (AvgIpc) is 2.42. The van der Waals surface area contributed by atoms with Gasteiger partial charge in [0.15, 0.2) is 0 Å². The third kappa shape index (κ3) is 4.21. The van der Waals surface area contributed by atoms with Crippen molar-refractivity contribution < 1.29 is 12.6 Å². The number of hydrazone groups is 1. The predicted molar refractivity (Wildman–Crippen MR) is 83.2 cm³/mol. The normalized spacial score (nSPS) is 12.2. The zero-order chi connectivity index (χ0) is 15.5. The summed E-state index contributed by atoms with van der Waals surface area (Å²) >= 11 is 5.84. The Morgan fingerprint density at radius 3 is 1.95 bits per heavy atom. The van der Waals surface area contributed by atoms with Crippen LogP contribution < -0.4 is 10.0 Å². The van der Waals surface area contributed by atoms with E-state index in [4.69, 9.17) is 21.6 Å². The molecule has 0 saturated heterocycles. The Morgan fingerprint density at radius 1 is 1.05 bits per heavy atom. The van der Waals surface area contributed by atoms with E-state index in [1.807, 2.05) is 0 Å². The largest absolute Gasteiger partial charge is 0.383 e. The lowest BCUT2D eigenvalue weighted by Gasteiger charge is -2.07. The summed E-state index contributed by atoms with van der Waals surface area (Å²) in [7, 11) is -3.54. The minimum Gasteiger partial charge on any atom is -0.383 e. The van der Waals surface area contributed by atoms with Crippen LogP contribution in [0, 0.1) is 0 Å². The van der Waals surface area contributed by atoms with Gasteiger partial charge in [-0.1, -0.05) is 23.7 Å². The van der Waals surface area contributed by atoms with Crippen LogP contribution in [0.5, 0.6) is 5.75 Å². The number of benzene rings is 2. The van der Waals surface area contributed by atoms with E-state index in [0.29, 0.717) is 10.7 Å². The van der Waals surface area contributed by atoms with Gasteiger partial charge in [0.1, 0.15) is 5.75 Å². The van der Waals surface area contributed by atoms with Gasteiger partial charge in [-0.2, -0.15) is 13.5 Å². The molecule has 0 bridgehead atoms. The van der Waals surface area contributed by atoms with Crippen molar-refractivity contribution >= 4 is 27.4 Å². The second kappa shape index (κ2) is 6.15. The average molecular weight is 325 g/mol. The molecular formula is C14H13ClN2O3S. The Kier molecular flexibility index (Phi) is 4.50. The first-order valence-corrected chi connectivity index (χ1v) is 8.12. The first-order chi connectivity index (χ1) is 9.89. The Hall–Kier alpha value is -2.05. The first-order valence-electron chi connectivity index (χ1n) is 5.93. The van der Waals surface area contributed by atoms with Gasteiger partial charge in [0.05, 0.1) is 12.0 Å². The third-order valence-electron chi connectivity index (χ3n) is 2.62. The Balaban J connectivity index is 2.30. The summed E-state index contributed by atoms with van der Waals surface area (Å²) < 4.78 is 26.9. The number of nitrogens with zero attached hydrogens (tertiary/aromatic N) is 1. The summed E-state index contributed by atoms with van der Waals surface area (Å²) in [6, 6.07) is 13.5. The molecule has 0 atom stereocenters. The van der Waals surface area contributed by atoms with Crippen LogP contribution in [0.3, 0.4) is 0 Å². The molecule has 7 heteroatoms. The van der Waals surface area contributed by atoms with Crippen LogP contribution >= 0.6 is 11.6 Å². The van der Waals surface area contributed by atoms with Crippen molar-refractivity contribution in [2.75, 3.05) is 6.26 Å². The van der Waals surface area contributed by atoms with E-state index in [2.05, 4.69) is 5.10 Å². The second-order valence-corrected chi connectivity index (χ2v) is 6.31. The van der Waals surface area contributed by atoms with Crippen molar-refractivity contribution in [2.45, 2.75) is 0 Å². The molecule has 21 heavy (non-hydrogen) atoms. The summed E-state index contributed by atoms with van der Waals surface area (Å²) in [6.45, 7) is 0. The smallest absolute Gasteiger partial charge is 0.306 e. The maximum atomic E-state index is 11.1. The van der Waals surface area contributed by atoms with Gasteiger partial charge in [-0.3, -0.25) is 0 Å². The van der Waals surface area contributed by atoms with Crippen molar-refractivity contribution in [3.05, 3.63) is 64.7 Å². The number of hydrogen-bond acceptors (Lipinski definition) is 5. The van der Waals surface area contributed by atoms with Gasteiger partial charge in [-0.05, 0) is 36.4 Å². The fraction of sp³-hybridized carbons (Fsp3) is 0.0714. The topological polar surface area (TPSA) is 81.8 Å². The molecule has 0 aliphatic heterocycles. The highest BCUT2D eigenvalue weighted by molar-refractivity contribution is 7.86. The Bertz CT molecular complexity index is 754. The van der Waals surface area contributed by atoms with Crippen LogP contribution in [-0.4, -0.2) is 20.4 Å². The number of rotatable bonds is 4. The minimum atomic E-state index is -3.54. The highest BCUT2D eigenvalue weighted by Gasteiger charge is 2.09. The number of halogens is 1. The van der Waals surface area contributed by atoms with Gasteiger partial charge in [0.2, 0.25) is 0 Å². The molecule has 0 unspecified atom stereocenters. The lowest BCUT2D eigenvalue weighted by atomic mass is 10.0. The standard InChI is InChI=1S/C14H13ClN2O3S/c1-21(18,19)20-13-8-4-11(5-9-13)14(17-16)10-2-6-12(15)7-3-10/h2-9H,16H2,1H3. The van der Waals surface area contributed by atoms with Crippen molar-refractivity contribution in [1.29, 1.82) is 0 Å². The maximum absolute atomic E-state index is 11.1. The molecule has 0 aliphatic rings. The summed E-state index contributed by atoms with van der Waals surface area (Å²) in [5.74, 6) is 5.67. The molecule has 0 saturated carbocycles. The van der Waals surface area contributed by atoms with Gasteiger partial charge in [-0.15, -0.1) is 0 Å². The van der Waals surface area contributed by atoms with Gasteiger partial charge < -0.3 is 10.0 Å². The fourth-order valence-corrected chi connectivity index (χ4v) is 2.35. The van der Waals surface area contributed by atoms with Crippen LogP contribution in [0.15, 0.2) is 53.6 Å². The summed E-state index contributed by atoms with van der Waals surface area (Å²) in [6.07, 6.45) is 0.987. The van der Waals surface area contributed by atoms with E-state index >= 15 is 0 Å². The van der Waals surface area contributed by atoms with Gasteiger partial charge in [-0.25, -0.2) is 0 Å². The summed E-state index contributed by atoms with van der Waals surface area (Å²) in [5.41, 5.74) is 2.11. The lowest BCUT2D eigenvalue weighted by molar-refractivity contribution is 0.493. The van der Waals surface area contributed by atoms with Gasteiger partial charge in [0, 0.05) is 16.1 Å². The molecule has 0 spiro atoms. The van der Waals surface area contributed by atoms with Gasteiger partial charge in [0.25, 0.3) is 0 Å². The summed E-state index contributed by atoms with van der Waals surface area (Å²) in [4.78, 5) is 0. The molecule has 2 N–H and O–H groups in total. The molecule has 0 heterocycles. The van der Waals surface area contributed by atoms with Crippen LogP contribution in [0.2, 0.25) is 5.02 Å². The Morgan fingerprint density at radius 2 is 1.52 bits per heavy atom. The van der Waals surface area contributed by atoms with E-state index in [-0.39, 0.29) is 5.75 Å². The van der Waals surface area contributed by atoms with Gasteiger partial charge >= 0.3 is 10.1 Å².